The Balaban J connectivity index is 0.00000220. The van der Waals surface area contributed by atoms with Crippen molar-refractivity contribution in [3.8, 4) is 0 Å². The maximum Gasteiger partial charge on any atom is 0.237 e. The fraction of sp³-hybridized carbons (Fsp3) is 0.562. The summed E-state index contributed by atoms with van der Waals surface area (Å²) in [5.74, 6) is -0.00763. The summed E-state index contributed by atoms with van der Waals surface area (Å²) in [5, 5.41) is 3.10. The van der Waals surface area contributed by atoms with Gasteiger partial charge in [0.2, 0.25) is 5.91 Å². The molecular formula is C16H26ClN3O. The number of nitrogens with one attached hydrogen (secondary N) is 1. The number of benzene rings is 1. The molecule has 0 saturated carbocycles. The molecule has 1 fully saturated rings. The minimum Gasteiger partial charge on any atom is -0.369 e. The van der Waals surface area contributed by atoms with Crippen LogP contribution in [-0.2, 0) is 4.79 Å². The molecule has 4 nitrogen and oxygen atoms in total. The number of hydrogen-bond acceptors (Lipinski definition) is 3. The number of amides is 1. The largest absolute Gasteiger partial charge is 0.369 e. The first kappa shape index (κ1) is 17.8. The van der Waals surface area contributed by atoms with Crippen molar-refractivity contribution >= 4 is 24.0 Å². The van der Waals surface area contributed by atoms with E-state index in [-0.39, 0.29) is 30.4 Å². The molecular weight excluding hydrogens is 286 g/mol. The van der Waals surface area contributed by atoms with Gasteiger partial charge < -0.3 is 16.0 Å². The molecule has 2 unspecified atom stereocenters. The molecule has 0 radical (unpaired) electrons. The Hall–Kier alpha value is -1.26. The van der Waals surface area contributed by atoms with Gasteiger partial charge in [-0.3, -0.25) is 4.79 Å². The van der Waals surface area contributed by atoms with Gasteiger partial charge in [-0.15, -0.1) is 12.4 Å². The van der Waals surface area contributed by atoms with Crippen molar-refractivity contribution in [3.63, 3.8) is 0 Å². The first-order valence-electron chi connectivity index (χ1n) is 7.56. The van der Waals surface area contributed by atoms with Crippen molar-refractivity contribution in [2.45, 2.75) is 44.7 Å². The molecule has 2 atom stereocenters. The van der Waals surface area contributed by atoms with Crippen molar-refractivity contribution in [2.75, 3.05) is 18.0 Å². The van der Waals surface area contributed by atoms with Gasteiger partial charge in [0, 0.05) is 24.8 Å². The van der Waals surface area contributed by atoms with Gasteiger partial charge in [-0.05, 0) is 31.4 Å². The summed E-state index contributed by atoms with van der Waals surface area (Å²) in [7, 11) is 0. The zero-order valence-electron chi connectivity index (χ0n) is 12.6. The lowest BCUT2D eigenvalue weighted by Crippen LogP contribution is -2.52. The van der Waals surface area contributed by atoms with Crippen LogP contribution in [0.2, 0.25) is 0 Å². The van der Waals surface area contributed by atoms with E-state index in [0.717, 1.165) is 38.8 Å². The van der Waals surface area contributed by atoms with Gasteiger partial charge in [0.05, 0.1) is 6.04 Å². The molecule has 21 heavy (non-hydrogen) atoms. The molecule has 1 aliphatic rings. The lowest BCUT2D eigenvalue weighted by Gasteiger charge is -2.35. The van der Waals surface area contributed by atoms with Crippen molar-refractivity contribution < 1.29 is 4.79 Å². The number of carbonyl (C=O) groups excluding carboxylic acids is 1. The number of nitrogens with two attached hydrogens (primary N) is 1. The normalized spacial score (nSPS) is 19.5. The lowest BCUT2D eigenvalue weighted by atomic mass is 10.0. The molecule has 3 N–H and O–H groups in total. The zero-order chi connectivity index (χ0) is 14.4. The predicted molar refractivity (Wildman–Crippen MR) is 90.0 cm³/mol. The number of carbonyl (C=O) groups is 1. The first-order chi connectivity index (χ1) is 9.70. The van der Waals surface area contributed by atoms with Gasteiger partial charge in [-0.25, -0.2) is 0 Å². The highest BCUT2D eigenvalue weighted by atomic mass is 35.5. The van der Waals surface area contributed by atoms with Crippen LogP contribution < -0.4 is 16.0 Å². The summed E-state index contributed by atoms with van der Waals surface area (Å²) in [6.45, 7) is 3.97. The van der Waals surface area contributed by atoms with Crippen LogP contribution in [0.3, 0.4) is 0 Å². The summed E-state index contributed by atoms with van der Waals surface area (Å²) in [6, 6.07) is 10.2. The number of anilines is 1. The molecule has 2 rings (SSSR count). The van der Waals surface area contributed by atoms with Crippen LogP contribution in [0.1, 0.15) is 32.6 Å². The number of para-hydroxylation sites is 1. The van der Waals surface area contributed by atoms with Gasteiger partial charge in [0.25, 0.3) is 0 Å². The van der Waals surface area contributed by atoms with Crippen LogP contribution in [0, 0.1) is 0 Å². The Labute approximate surface area is 133 Å². The van der Waals surface area contributed by atoms with Crippen LogP contribution in [0.15, 0.2) is 30.3 Å². The Morgan fingerprint density at radius 3 is 2.81 bits per heavy atom. The third kappa shape index (κ3) is 5.21. The smallest absolute Gasteiger partial charge is 0.237 e. The summed E-state index contributed by atoms with van der Waals surface area (Å²) >= 11 is 0. The van der Waals surface area contributed by atoms with Crippen molar-refractivity contribution in [1.82, 2.24) is 5.32 Å². The SMILES string of the molecule is CCCC(N)C(=O)NC1CCCN(c2ccccc2)C1.Cl. The van der Waals surface area contributed by atoms with Gasteiger partial charge in [-0.1, -0.05) is 31.5 Å². The van der Waals surface area contributed by atoms with Crippen LogP contribution in [0.4, 0.5) is 5.69 Å². The van der Waals surface area contributed by atoms with Gasteiger partial charge in [0.15, 0.2) is 0 Å². The summed E-state index contributed by atoms with van der Waals surface area (Å²) < 4.78 is 0. The molecule has 1 saturated heterocycles. The van der Waals surface area contributed by atoms with E-state index in [9.17, 15) is 4.79 Å². The van der Waals surface area contributed by atoms with E-state index >= 15 is 0 Å². The Kier molecular flexibility index (Phi) is 7.54. The second-order valence-electron chi connectivity index (χ2n) is 5.52. The Morgan fingerprint density at radius 2 is 2.14 bits per heavy atom. The average Bonchev–Trinajstić information content (AvgIpc) is 2.48. The first-order valence-corrected chi connectivity index (χ1v) is 7.56. The van der Waals surface area contributed by atoms with E-state index in [2.05, 4.69) is 34.5 Å². The maximum atomic E-state index is 12.0. The second kappa shape index (κ2) is 8.90. The third-order valence-electron chi connectivity index (χ3n) is 3.83. The molecule has 0 aromatic heterocycles. The van der Waals surface area contributed by atoms with E-state index in [0.29, 0.717) is 0 Å². The monoisotopic (exact) mass is 311 g/mol. The summed E-state index contributed by atoms with van der Waals surface area (Å²) in [6.07, 6.45) is 3.83. The van der Waals surface area contributed by atoms with Crippen LogP contribution in [0.5, 0.6) is 0 Å². The molecule has 118 valence electrons. The standard InChI is InChI=1S/C16H25N3O.ClH/c1-2-7-15(17)16(20)18-13-8-6-11-19(12-13)14-9-4-3-5-10-14;/h3-5,9-10,13,15H,2,6-8,11-12,17H2,1H3,(H,18,20);1H. The van der Waals surface area contributed by atoms with Gasteiger partial charge in [-0.2, -0.15) is 0 Å². The van der Waals surface area contributed by atoms with Crippen molar-refractivity contribution in [3.05, 3.63) is 30.3 Å². The lowest BCUT2D eigenvalue weighted by molar-refractivity contribution is -0.123. The molecule has 0 bridgehead atoms. The summed E-state index contributed by atoms with van der Waals surface area (Å²) in [4.78, 5) is 14.3. The van der Waals surface area contributed by atoms with E-state index in [1.807, 2.05) is 13.0 Å². The third-order valence-corrected chi connectivity index (χ3v) is 3.83. The molecule has 0 spiro atoms. The highest BCUT2D eigenvalue weighted by Crippen LogP contribution is 2.19. The highest BCUT2D eigenvalue weighted by Gasteiger charge is 2.23. The molecule has 1 aromatic carbocycles. The Bertz CT molecular complexity index is 427. The molecule has 1 heterocycles. The molecule has 1 amide bonds. The van der Waals surface area contributed by atoms with Gasteiger partial charge >= 0.3 is 0 Å². The molecule has 5 heteroatoms. The minimum atomic E-state index is -0.368. The maximum absolute atomic E-state index is 12.0. The Morgan fingerprint density at radius 1 is 1.43 bits per heavy atom. The topological polar surface area (TPSA) is 58.4 Å². The number of halogens is 1. The highest BCUT2D eigenvalue weighted by molar-refractivity contribution is 5.85. The van der Waals surface area contributed by atoms with E-state index in [1.165, 1.54) is 5.69 Å². The van der Waals surface area contributed by atoms with Gasteiger partial charge in [0.1, 0.15) is 0 Å². The molecule has 0 aliphatic carbocycles. The van der Waals surface area contributed by atoms with E-state index in [1.54, 1.807) is 0 Å². The number of hydrogen-bond donors (Lipinski definition) is 2. The average molecular weight is 312 g/mol. The van der Waals surface area contributed by atoms with Crippen LogP contribution >= 0.6 is 12.4 Å². The minimum absolute atomic E-state index is 0. The van der Waals surface area contributed by atoms with Crippen LogP contribution in [0.25, 0.3) is 0 Å². The molecule has 1 aromatic rings. The fourth-order valence-corrected chi connectivity index (χ4v) is 2.72. The van der Waals surface area contributed by atoms with Crippen molar-refractivity contribution in [2.24, 2.45) is 5.73 Å². The second-order valence-corrected chi connectivity index (χ2v) is 5.52. The number of nitrogens with zero attached hydrogens (tertiary/aromatic N) is 1. The fourth-order valence-electron chi connectivity index (χ4n) is 2.72. The number of rotatable bonds is 5. The van der Waals surface area contributed by atoms with Crippen molar-refractivity contribution in [1.29, 1.82) is 0 Å². The summed E-state index contributed by atoms with van der Waals surface area (Å²) in [5.41, 5.74) is 7.09. The zero-order valence-corrected chi connectivity index (χ0v) is 13.4. The predicted octanol–water partition coefficient (Wildman–Crippen LogP) is 2.32. The quantitative estimate of drug-likeness (QED) is 0.877. The number of piperidine rings is 1. The van der Waals surface area contributed by atoms with E-state index in [4.69, 9.17) is 5.73 Å². The van der Waals surface area contributed by atoms with Crippen LogP contribution in [-0.4, -0.2) is 31.1 Å². The molecule has 1 aliphatic heterocycles. The van der Waals surface area contributed by atoms with E-state index < -0.39 is 0 Å².